The van der Waals surface area contributed by atoms with Crippen molar-refractivity contribution in [3.05, 3.63) is 59.5 Å². The predicted octanol–water partition coefficient (Wildman–Crippen LogP) is 3.25. The number of rotatable bonds is 3. The van der Waals surface area contributed by atoms with E-state index in [0.29, 0.717) is 0 Å². The molecule has 0 spiro atoms. The summed E-state index contributed by atoms with van der Waals surface area (Å²) in [5, 5.41) is 5.30. The number of nitrogens with two attached hydrogens (primary N) is 1. The van der Waals surface area contributed by atoms with Crippen LogP contribution in [0, 0.1) is 0 Å². The minimum atomic E-state index is -4.67. The summed E-state index contributed by atoms with van der Waals surface area (Å²) in [5.41, 5.74) is -0.745. The average molecular weight is 403 g/mol. The first-order valence-electron chi connectivity index (χ1n) is 6.97. The van der Waals surface area contributed by atoms with E-state index in [9.17, 15) is 21.6 Å². The summed E-state index contributed by atoms with van der Waals surface area (Å²) < 4.78 is 63.1. The van der Waals surface area contributed by atoms with E-state index in [-0.39, 0.29) is 27.1 Å². The van der Waals surface area contributed by atoms with Crippen molar-refractivity contribution in [2.45, 2.75) is 11.1 Å². The Morgan fingerprint density at radius 2 is 1.77 bits per heavy atom. The van der Waals surface area contributed by atoms with Crippen molar-refractivity contribution >= 4 is 21.6 Å². The van der Waals surface area contributed by atoms with Crippen LogP contribution in [-0.2, 0) is 16.2 Å². The fourth-order valence-corrected chi connectivity index (χ4v) is 2.89. The zero-order chi connectivity index (χ0) is 19.1. The Morgan fingerprint density at radius 3 is 2.31 bits per heavy atom. The van der Waals surface area contributed by atoms with Crippen LogP contribution in [0.2, 0.25) is 5.02 Å². The van der Waals surface area contributed by atoms with E-state index < -0.39 is 21.9 Å². The molecule has 0 unspecified atom stereocenters. The minimum Gasteiger partial charge on any atom is -0.298 e. The van der Waals surface area contributed by atoms with Gasteiger partial charge in [-0.05, 0) is 36.4 Å². The number of pyridine rings is 1. The summed E-state index contributed by atoms with van der Waals surface area (Å²) in [6.45, 7) is 0. The molecule has 2 aromatic heterocycles. The molecular formula is C15H10ClF3N4O2S. The summed E-state index contributed by atoms with van der Waals surface area (Å²) >= 11 is 5.88. The predicted molar refractivity (Wildman–Crippen MR) is 88.2 cm³/mol. The van der Waals surface area contributed by atoms with Crippen molar-refractivity contribution in [3.8, 4) is 17.2 Å². The molecule has 0 aliphatic rings. The first-order valence-corrected chi connectivity index (χ1v) is 8.90. The molecule has 26 heavy (non-hydrogen) atoms. The molecule has 0 bridgehead atoms. The first kappa shape index (κ1) is 18.4. The van der Waals surface area contributed by atoms with E-state index in [4.69, 9.17) is 16.7 Å². The third-order valence-electron chi connectivity index (χ3n) is 3.39. The Bertz CT molecular complexity index is 1060. The number of hydrogen-bond acceptors (Lipinski definition) is 4. The van der Waals surface area contributed by atoms with Crippen LogP contribution < -0.4 is 5.14 Å². The number of halogens is 4. The SMILES string of the molecule is NS(=O)(=O)c1ccc(-n2cc(C(F)(F)F)nc2-c2cc(Cl)ccn2)cc1. The molecule has 1 aromatic carbocycles. The van der Waals surface area contributed by atoms with Gasteiger partial charge in [0, 0.05) is 23.1 Å². The summed E-state index contributed by atoms with van der Waals surface area (Å²) in [6.07, 6.45) is -2.53. The lowest BCUT2D eigenvalue weighted by molar-refractivity contribution is -0.140. The number of benzene rings is 1. The molecule has 0 aliphatic carbocycles. The van der Waals surface area contributed by atoms with Crippen LogP contribution in [0.25, 0.3) is 17.2 Å². The summed E-state index contributed by atoms with van der Waals surface area (Å²) in [6, 6.07) is 7.86. The van der Waals surface area contributed by atoms with Gasteiger partial charge in [0.15, 0.2) is 11.5 Å². The molecule has 6 nitrogen and oxygen atoms in total. The van der Waals surface area contributed by atoms with Crippen LogP contribution in [-0.4, -0.2) is 23.0 Å². The lowest BCUT2D eigenvalue weighted by Gasteiger charge is -2.08. The second-order valence-corrected chi connectivity index (χ2v) is 7.21. The van der Waals surface area contributed by atoms with Gasteiger partial charge in [-0.1, -0.05) is 11.6 Å². The third-order valence-corrected chi connectivity index (χ3v) is 4.56. The number of sulfonamides is 1. The van der Waals surface area contributed by atoms with E-state index in [2.05, 4.69) is 9.97 Å². The highest BCUT2D eigenvalue weighted by Crippen LogP contribution is 2.32. The molecule has 3 aromatic rings. The van der Waals surface area contributed by atoms with Gasteiger partial charge < -0.3 is 0 Å². The fourth-order valence-electron chi connectivity index (χ4n) is 2.22. The standard InChI is InChI=1S/C15H10ClF3N4O2S/c16-9-5-6-21-12(7-9)14-22-13(15(17,18)19)8-23(14)10-1-3-11(4-2-10)26(20,24)25/h1-8H,(H2,20,24,25). The normalized spacial score (nSPS) is 12.3. The molecule has 0 fully saturated rings. The molecule has 2 N–H and O–H groups in total. The van der Waals surface area contributed by atoms with Gasteiger partial charge >= 0.3 is 6.18 Å². The lowest BCUT2D eigenvalue weighted by atomic mass is 10.3. The number of imidazole rings is 1. The van der Waals surface area contributed by atoms with Crippen LogP contribution >= 0.6 is 11.6 Å². The maximum absolute atomic E-state index is 13.1. The van der Waals surface area contributed by atoms with E-state index in [1.165, 1.54) is 42.6 Å². The largest absolute Gasteiger partial charge is 0.434 e. The maximum Gasteiger partial charge on any atom is 0.434 e. The molecule has 2 heterocycles. The molecule has 0 radical (unpaired) electrons. The molecular weight excluding hydrogens is 393 g/mol. The highest BCUT2D eigenvalue weighted by atomic mass is 35.5. The van der Waals surface area contributed by atoms with Gasteiger partial charge in [-0.15, -0.1) is 0 Å². The molecule has 0 amide bonds. The molecule has 0 aliphatic heterocycles. The Morgan fingerprint density at radius 1 is 1.12 bits per heavy atom. The first-order chi connectivity index (χ1) is 12.1. The molecule has 0 saturated heterocycles. The number of alkyl halides is 3. The summed E-state index contributed by atoms with van der Waals surface area (Å²) in [7, 11) is -3.92. The number of primary sulfonamides is 1. The number of hydrogen-bond donors (Lipinski definition) is 1. The second-order valence-electron chi connectivity index (χ2n) is 5.22. The smallest absolute Gasteiger partial charge is 0.298 e. The molecule has 136 valence electrons. The van der Waals surface area contributed by atoms with Crippen LogP contribution in [0.1, 0.15) is 5.69 Å². The highest BCUT2D eigenvalue weighted by Gasteiger charge is 2.35. The van der Waals surface area contributed by atoms with Crippen molar-refractivity contribution in [1.29, 1.82) is 0 Å². The van der Waals surface area contributed by atoms with Crippen molar-refractivity contribution in [2.24, 2.45) is 5.14 Å². The van der Waals surface area contributed by atoms with Gasteiger partial charge in [-0.25, -0.2) is 18.5 Å². The molecule has 0 atom stereocenters. The van der Waals surface area contributed by atoms with Crippen LogP contribution in [0.15, 0.2) is 53.7 Å². The van der Waals surface area contributed by atoms with Gasteiger partial charge in [-0.3, -0.25) is 9.55 Å². The molecule has 0 saturated carbocycles. The quantitative estimate of drug-likeness (QED) is 0.728. The summed E-state index contributed by atoms with van der Waals surface area (Å²) in [5.74, 6) is -0.0943. The topological polar surface area (TPSA) is 90.9 Å². The number of nitrogens with zero attached hydrogens (tertiary/aromatic N) is 3. The third kappa shape index (κ3) is 3.71. The van der Waals surface area contributed by atoms with Crippen molar-refractivity contribution in [3.63, 3.8) is 0 Å². The monoisotopic (exact) mass is 402 g/mol. The molecule has 11 heteroatoms. The highest BCUT2D eigenvalue weighted by molar-refractivity contribution is 7.89. The van der Waals surface area contributed by atoms with Crippen molar-refractivity contribution in [2.75, 3.05) is 0 Å². The van der Waals surface area contributed by atoms with E-state index in [0.717, 1.165) is 10.8 Å². The Kier molecular flexibility index (Phi) is 4.51. The maximum atomic E-state index is 13.1. The van der Waals surface area contributed by atoms with Crippen molar-refractivity contribution < 1.29 is 21.6 Å². The zero-order valence-corrected chi connectivity index (χ0v) is 14.3. The van der Waals surface area contributed by atoms with Gasteiger partial charge in [-0.2, -0.15) is 13.2 Å². The van der Waals surface area contributed by atoms with E-state index in [1.54, 1.807) is 0 Å². The summed E-state index contributed by atoms with van der Waals surface area (Å²) in [4.78, 5) is 7.44. The van der Waals surface area contributed by atoms with Crippen molar-refractivity contribution in [1.82, 2.24) is 14.5 Å². The van der Waals surface area contributed by atoms with E-state index in [1.807, 2.05) is 0 Å². The Hall–Kier alpha value is -2.43. The average Bonchev–Trinajstić information content (AvgIpc) is 3.00. The van der Waals surface area contributed by atoms with Gasteiger partial charge in [0.25, 0.3) is 0 Å². The lowest BCUT2D eigenvalue weighted by Crippen LogP contribution is -2.12. The van der Waals surface area contributed by atoms with Gasteiger partial charge in [0.05, 0.1) is 4.90 Å². The molecule has 3 rings (SSSR count). The van der Waals surface area contributed by atoms with Gasteiger partial charge in [0.1, 0.15) is 5.69 Å². The minimum absolute atomic E-state index is 0.0943. The fraction of sp³-hybridized carbons (Fsp3) is 0.0667. The van der Waals surface area contributed by atoms with Gasteiger partial charge in [0.2, 0.25) is 10.0 Å². The Balaban J connectivity index is 2.18. The van der Waals surface area contributed by atoms with Crippen LogP contribution in [0.3, 0.4) is 0 Å². The van der Waals surface area contributed by atoms with Crippen LogP contribution in [0.4, 0.5) is 13.2 Å². The second kappa shape index (κ2) is 6.38. The zero-order valence-electron chi connectivity index (χ0n) is 12.8. The number of aromatic nitrogens is 3. The van der Waals surface area contributed by atoms with Crippen LogP contribution in [0.5, 0.6) is 0 Å². The van der Waals surface area contributed by atoms with E-state index >= 15 is 0 Å². The Labute approximate surface area is 151 Å².